The molecular weight excluding hydrogens is 382 g/mol. The summed E-state index contributed by atoms with van der Waals surface area (Å²) in [6.45, 7) is -0.641. The molecule has 0 radical (unpaired) electrons. The monoisotopic (exact) mass is 401 g/mol. The molecule has 3 rings (SSSR count). The average molecular weight is 401 g/mol. The molecule has 29 heavy (non-hydrogen) atoms. The van der Waals surface area contributed by atoms with Gasteiger partial charge >= 0.3 is 5.97 Å². The zero-order valence-corrected chi connectivity index (χ0v) is 15.6. The Morgan fingerprint density at radius 3 is 2.52 bits per heavy atom. The third-order valence-corrected chi connectivity index (χ3v) is 4.25. The Labute approximate surface area is 165 Å². The Bertz CT molecular complexity index is 932. The lowest BCUT2D eigenvalue weighted by atomic mass is 10.1. The average Bonchev–Trinajstić information content (AvgIpc) is 3.36. The first kappa shape index (κ1) is 20.1. The van der Waals surface area contributed by atoms with Crippen LogP contribution in [0, 0.1) is 10.1 Å². The van der Waals surface area contributed by atoms with Gasteiger partial charge in [-0.05, 0) is 37.1 Å². The van der Waals surface area contributed by atoms with Gasteiger partial charge in [0.1, 0.15) is 5.76 Å². The first-order valence-corrected chi connectivity index (χ1v) is 8.88. The molecule has 0 saturated heterocycles. The molecule has 0 spiro atoms. The third-order valence-electron chi connectivity index (χ3n) is 4.25. The van der Waals surface area contributed by atoms with E-state index in [2.05, 4.69) is 5.32 Å². The smallest absolute Gasteiger partial charge is 0.374 e. The Kier molecular flexibility index (Phi) is 5.91. The molecule has 10 nitrogen and oxygen atoms in total. The summed E-state index contributed by atoms with van der Waals surface area (Å²) in [6, 6.07) is 8.75. The number of likely N-dealkylation sites (N-methyl/N-ethyl adjacent to an activating group) is 1. The van der Waals surface area contributed by atoms with Crippen molar-refractivity contribution in [2.24, 2.45) is 0 Å². The molecule has 1 N–H and O–H groups in total. The number of nitro benzene ring substituents is 1. The van der Waals surface area contributed by atoms with Gasteiger partial charge in [-0.1, -0.05) is 0 Å². The van der Waals surface area contributed by atoms with Crippen LogP contribution in [0.3, 0.4) is 0 Å². The molecule has 1 aliphatic carbocycles. The fourth-order valence-corrected chi connectivity index (χ4v) is 2.46. The molecule has 0 aliphatic heterocycles. The molecule has 10 heteroatoms. The maximum absolute atomic E-state index is 12.1. The number of non-ortho nitro benzene ring substituents is 1. The van der Waals surface area contributed by atoms with Crippen LogP contribution in [0.15, 0.2) is 40.8 Å². The second kappa shape index (κ2) is 8.55. The van der Waals surface area contributed by atoms with Crippen LogP contribution in [0.1, 0.15) is 23.4 Å². The number of carbonyl (C=O) groups is 3. The third kappa shape index (κ3) is 5.41. The van der Waals surface area contributed by atoms with Gasteiger partial charge in [0.05, 0.1) is 11.5 Å². The number of amides is 2. The zero-order valence-electron chi connectivity index (χ0n) is 15.6. The SMILES string of the molecule is CN(CC(=O)NC1CC1)C(=O)COC(=O)c1ccc(-c2ccc([N+](=O)[O-])cc2)o1. The minimum absolute atomic E-state index is 0.0617. The quantitative estimate of drug-likeness (QED) is 0.405. The minimum atomic E-state index is -0.831. The van der Waals surface area contributed by atoms with Gasteiger partial charge in [0.2, 0.25) is 11.7 Å². The standard InChI is InChI=1S/C19H19N3O7/c1-21(10-17(23)20-13-4-5-13)18(24)11-28-19(25)16-9-8-15(29-16)12-2-6-14(7-3-12)22(26)27/h2-3,6-9,13H,4-5,10-11H2,1H3,(H,20,23). The molecule has 1 aromatic heterocycles. The number of nitrogens with one attached hydrogen (secondary N) is 1. The molecular formula is C19H19N3O7. The van der Waals surface area contributed by atoms with Gasteiger partial charge in [0, 0.05) is 30.8 Å². The number of nitrogens with zero attached hydrogens (tertiary/aromatic N) is 2. The number of benzene rings is 1. The highest BCUT2D eigenvalue weighted by molar-refractivity contribution is 5.90. The number of ether oxygens (including phenoxy) is 1. The van der Waals surface area contributed by atoms with Crippen LogP contribution in [0.25, 0.3) is 11.3 Å². The van der Waals surface area contributed by atoms with Gasteiger partial charge in [-0.25, -0.2) is 4.79 Å². The van der Waals surface area contributed by atoms with E-state index in [1.807, 2.05) is 0 Å². The molecule has 152 valence electrons. The van der Waals surface area contributed by atoms with E-state index in [9.17, 15) is 24.5 Å². The van der Waals surface area contributed by atoms with Crippen LogP contribution in [0.5, 0.6) is 0 Å². The van der Waals surface area contributed by atoms with Crippen molar-refractivity contribution in [1.29, 1.82) is 0 Å². The predicted molar refractivity (Wildman–Crippen MR) is 99.9 cm³/mol. The van der Waals surface area contributed by atoms with Gasteiger partial charge < -0.3 is 19.4 Å². The first-order chi connectivity index (χ1) is 13.8. The van der Waals surface area contributed by atoms with E-state index in [1.54, 1.807) is 0 Å². The summed E-state index contributed by atoms with van der Waals surface area (Å²) in [7, 11) is 1.45. The molecule has 1 fully saturated rings. The van der Waals surface area contributed by atoms with E-state index in [4.69, 9.17) is 9.15 Å². The topological polar surface area (TPSA) is 132 Å². The van der Waals surface area contributed by atoms with Crippen LogP contribution in [0.2, 0.25) is 0 Å². The van der Waals surface area contributed by atoms with E-state index in [-0.39, 0.29) is 29.9 Å². The fourth-order valence-electron chi connectivity index (χ4n) is 2.46. The molecule has 1 saturated carbocycles. The Morgan fingerprint density at radius 1 is 1.21 bits per heavy atom. The summed E-state index contributed by atoms with van der Waals surface area (Å²) >= 11 is 0. The molecule has 1 aliphatic rings. The molecule has 1 aromatic carbocycles. The summed E-state index contributed by atoms with van der Waals surface area (Å²) in [5, 5.41) is 13.5. The Hall–Kier alpha value is -3.69. The molecule has 0 atom stereocenters. The highest BCUT2D eigenvalue weighted by Crippen LogP contribution is 2.24. The Balaban J connectivity index is 1.51. The Morgan fingerprint density at radius 2 is 1.90 bits per heavy atom. The van der Waals surface area contributed by atoms with Crippen molar-refractivity contribution in [3.63, 3.8) is 0 Å². The van der Waals surface area contributed by atoms with Crippen molar-refractivity contribution >= 4 is 23.5 Å². The lowest BCUT2D eigenvalue weighted by Gasteiger charge is -2.16. The zero-order chi connectivity index (χ0) is 21.0. The number of carbonyl (C=O) groups excluding carboxylic acids is 3. The van der Waals surface area contributed by atoms with Crippen LogP contribution in [0.4, 0.5) is 5.69 Å². The van der Waals surface area contributed by atoms with Crippen molar-refractivity contribution in [2.75, 3.05) is 20.2 Å². The number of hydrogen-bond donors (Lipinski definition) is 1. The summed E-state index contributed by atoms with van der Waals surface area (Å²) in [5.41, 5.74) is 0.487. The second-order valence-corrected chi connectivity index (χ2v) is 6.64. The highest BCUT2D eigenvalue weighted by Gasteiger charge is 2.24. The summed E-state index contributed by atoms with van der Waals surface area (Å²) in [4.78, 5) is 47.1. The molecule has 2 aromatic rings. The van der Waals surface area contributed by atoms with E-state index in [0.29, 0.717) is 11.3 Å². The van der Waals surface area contributed by atoms with E-state index in [0.717, 1.165) is 12.8 Å². The van der Waals surface area contributed by atoms with Crippen molar-refractivity contribution in [2.45, 2.75) is 18.9 Å². The second-order valence-electron chi connectivity index (χ2n) is 6.64. The first-order valence-electron chi connectivity index (χ1n) is 8.88. The molecule has 0 bridgehead atoms. The predicted octanol–water partition coefficient (Wildman–Crippen LogP) is 1.75. The van der Waals surface area contributed by atoms with Gasteiger partial charge in [0.25, 0.3) is 11.6 Å². The lowest BCUT2D eigenvalue weighted by molar-refractivity contribution is -0.384. The number of furan rings is 1. The molecule has 1 heterocycles. The fraction of sp³-hybridized carbons (Fsp3) is 0.316. The number of esters is 1. The lowest BCUT2D eigenvalue weighted by Crippen LogP contribution is -2.40. The van der Waals surface area contributed by atoms with Crippen LogP contribution in [-0.4, -0.2) is 53.8 Å². The van der Waals surface area contributed by atoms with Crippen molar-refractivity contribution in [1.82, 2.24) is 10.2 Å². The largest absolute Gasteiger partial charge is 0.450 e. The normalized spacial score (nSPS) is 12.9. The van der Waals surface area contributed by atoms with Crippen LogP contribution < -0.4 is 5.32 Å². The molecule has 0 unspecified atom stereocenters. The summed E-state index contributed by atoms with van der Waals surface area (Å²) in [6.07, 6.45) is 1.90. The number of hydrogen-bond acceptors (Lipinski definition) is 7. The minimum Gasteiger partial charge on any atom is -0.450 e. The van der Waals surface area contributed by atoms with Gasteiger partial charge in [-0.15, -0.1) is 0 Å². The number of nitro groups is 1. The summed E-state index contributed by atoms with van der Waals surface area (Å²) < 4.78 is 10.3. The van der Waals surface area contributed by atoms with Crippen LogP contribution >= 0.6 is 0 Å². The number of rotatable bonds is 8. The summed E-state index contributed by atoms with van der Waals surface area (Å²) in [5.74, 6) is -1.39. The van der Waals surface area contributed by atoms with Gasteiger partial charge in [0.15, 0.2) is 6.61 Å². The highest BCUT2D eigenvalue weighted by atomic mass is 16.6. The maximum atomic E-state index is 12.1. The van der Waals surface area contributed by atoms with Crippen molar-refractivity contribution in [3.8, 4) is 11.3 Å². The van der Waals surface area contributed by atoms with E-state index >= 15 is 0 Å². The molecule has 2 amide bonds. The van der Waals surface area contributed by atoms with Crippen molar-refractivity contribution in [3.05, 3.63) is 52.3 Å². The van der Waals surface area contributed by atoms with Crippen LogP contribution in [-0.2, 0) is 14.3 Å². The van der Waals surface area contributed by atoms with Gasteiger partial charge in [-0.3, -0.25) is 19.7 Å². The van der Waals surface area contributed by atoms with Gasteiger partial charge in [-0.2, -0.15) is 0 Å². The van der Waals surface area contributed by atoms with E-state index in [1.165, 1.54) is 48.3 Å². The van der Waals surface area contributed by atoms with E-state index < -0.39 is 23.4 Å². The maximum Gasteiger partial charge on any atom is 0.374 e. The van der Waals surface area contributed by atoms with Crippen molar-refractivity contribution < 1.29 is 28.5 Å².